The van der Waals surface area contributed by atoms with E-state index in [-0.39, 0.29) is 55.2 Å². The van der Waals surface area contributed by atoms with Crippen LogP contribution in [0.3, 0.4) is 0 Å². The lowest BCUT2D eigenvalue weighted by Crippen LogP contribution is -2.57. The number of thiophene rings is 1. The van der Waals surface area contributed by atoms with Crippen LogP contribution < -0.4 is 20.1 Å². The number of hydrogen-bond donors (Lipinski definition) is 4. The summed E-state index contributed by atoms with van der Waals surface area (Å²) in [6.07, 6.45) is 0.242. The number of phenols is 1. The number of aromatic nitrogens is 1. The number of fused-ring (bicyclic) bond motifs is 2. The zero-order valence-corrected chi connectivity index (χ0v) is 41.7. The number of aliphatic hydroxyl groups is 1. The number of aryl methyl sites for hydroxylation is 1. The van der Waals surface area contributed by atoms with E-state index in [1.807, 2.05) is 87.8 Å². The van der Waals surface area contributed by atoms with Gasteiger partial charge < -0.3 is 40.1 Å². The predicted octanol–water partition coefficient (Wildman–Crippen LogP) is 8.47. The second kappa shape index (κ2) is 21.2. The number of aliphatic hydroxyl groups excluding tert-OH is 1. The second-order valence-corrected chi connectivity index (χ2v) is 21.9. The molecule has 4 N–H and O–H groups in total. The Morgan fingerprint density at radius 3 is 2.19 bits per heavy atom. The lowest BCUT2D eigenvalue weighted by atomic mass is 9.85. The van der Waals surface area contributed by atoms with Gasteiger partial charge >= 0.3 is 0 Å². The SMILES string of the molecule is Cc1ncsc1-c1ccc(CNC(=O)[C@@H]2C[C@@H](O)CN2C(=O)[C@@H](NC(=O)CCCN2CC3CN(CCOc4ccc(Oc5c(-c6ccc(F)cc6)sc6cc(O)ccc56)cc4)CC3C2)C(C)(C)C)cc1. The number of benzene rings is 4. The van der Waals surface area contributed by atoms with Crippen LogP contribution in [0.15, 0.2) is 96.5 Å². The molecule has 0 bridgehead atoms. The zero-order chi connectivity index (χ0) is 49.1. The van der Waals surface area contributed by atoms with Crippen LogP contribution in [0.1, 0.15) is 51.3 Å². The summed E-state index contributed by atoms with van der Waals surface area (Å²) in [7, 11) is 0. The average Bonchev–Trinajstić information content (AvgIpc) is 4.17. The topological polar surface area (TPSA) is 157 Å². The second-order valence-electron chi connectivity index (χ2n) is 20.0. The molecule has 3 aliphatic rings. The third kappa shape index (κ3) is 11.5. The van der Waals surface area contributed by atoms with Crippen molar-refractivity contribution in [3.05, 3.63) is 114 Å². The first-order valence-electron chi connectivity index (χ1n) is 24.1. The van der Waals surface area contributed by atoms with Crippen LogP contribution in [-0.4, -0.2) is 118 Å². The molecular formula is C54H61FN6O7S2. The fourth-order valence-electron chi connectivity index (χ4n) is 10.00. The van der Waals surface area contributed by atoms with Crippen LogP contribution >= 0.6 is 22.7 Å². The highest BCUT2D eigenvalue weighted by molar-refractivity contribution is 7.22. The van der Waals surface area contributed by atoms with Gasteiger partial charge in [0.05, 0.1) is 27.1 Å². The van der Waals surface area contributed by atoms with Gasteiger partial charge in [-0.25, -0.2) is 9.37 Å². The number of halogens is 1. The van der Waals surface area contributed by atoms with Crippen molar-refractivity contribution in [2.24, 2.45) is 17.3 Å². The van der Waals surface area contributed by atoms with Crippen molar-refractivity contribution in [3.8, 4) is 43.9 Å². The highest BCUT2D eigenvalue weighted by Gasteiger charge is 2.45. The monoisotopic (exact) mass is 988 g/mol. The molecule has 9 rings (SSSR count). The van der Waals surface area contributed by atoms with Crippen LogP contribution in [-0.2, 0) is 20.9 Å². The van der Waals surface area contributed by atoms with Crippen molar-refractivity contribution in [1.29, 1.82) is 0 Å². The Morgan fingerprint density at radius 1 is 0.857 bits per heavy atom. The molecule has 0 radical (unpaired) electrons. The van der Waals surface area contributed by atoms with Crippen molar-refractivity contribution in [2.75, 3.05) is 52.4 Å². The number of phenolic OH excluding ortho intramolecular Hbond substituents is 1. The van der Waals surface area contributed by atoms with E-state index in [2.05, 4.69) is 25.4 Å². The van der Waals surface area contributed by atoms with E-state index in [1.165, 1.54) is 28.4 Å². The molecule has 0 saturated carbocycles. The molecule has 16 heteroatoms. The molecule has 13 nitrogen and oxygen atoms in total. The molecule has 5 atom stereocenters. The molecule has 3 saturated heterocycles. The molecule has 3 amide bonds. The van der Waals surface area contributed by atoms with Crippen LogP contribution in [0.25, 0.3) is 31.0 Å². The summed E-state index contributed by atoms with van der Waals surface area (Å²) in [5, 5.41) is 27.6. The van der Waals surface area contributed by atoms with Crippen molar-refractivity contribution in [3.63, 3.8) is 0 Å². The molecular weight excluding hydrogens is 928 g/mol. The predicted molar refractivity (Wildman–Crippen MR) is 272 cm³/mol. The Balaban J connectivity index is 0.693. The molecule has 5 heterocycles. The van der Waals surface area contributed by atoms with E-state index in [4.69, 9.17) is 9.47 Å². The van der Waals surface area contributed by atoms with Gasteiger partial charge in [0.2, 0.25) is 17.7 Å². The van der Waals surface area contributed by atoms with E-state index < -0.39 is 23.6 Å². The minimum Gasteiger partial charge on any atom is -0.508 e. The Bertz CT molecular complexity index is 2780. The van der Waals surface area contributed by atoms with Gasteiger partial charge in [0.15, 0.2) is 5.75 Å². The summed E-state index contributed by atoms with van der Waals surface area (Å²) in [5.74, 6) is 2.12. The molecule has 70 heavy (non-hydrogen) atoms. The highest BCUT2D eigenvalue weighted by atomic mass is 32.1. The number of amides is 3. The normalized spacial score (nSPS) is 19.9. The minimum absolute atomic E-state index is 0.0282. The summed E-state index contributed by atoms with van der Waals surface area (Å²) in [5.41, 5.74) is 4.97. The molecule has 2 aromatic heterocycles. The van der Waals surface area contributed by atoms with Gasteiger partial charge in [-0.05, 0) is 108 Å². The number of β-amino-alcohol motifs (C(OH)–C–C–N with tert-alkyl or cyclic N) is 1. The Kier molecular flexibility index (Phi) is 14.9. The molecule has 4 aromatic carbocycles. The Labute approximate surface area is 416 Å². The summed E-state index contributed by atoms with van der Waals surface area (Å²) >= 11 is 3.06. The van der Waals surface area contributed by atoms with Crippen LogP contribution in [0, 0.1) is 30.0 Å². The smallest absolute Gasteiger partial charge is 0.246 e. The zero-order valence-electron chi connectivity index (χ0n) is 40.0. The minimum atomic E-state index is -0.864. The number of carbonyl (C=O) groups excluding carboxylic acids is 3. The first kappa shape index (κ1) is 49.1. The number of aromatic hydroxyl groups is 1. The van der Waals surface area contributed by atoms with E-state index >= 15 is 0 Å². The molecule has 0 spiro atoms. The van der Waals surface area contributed by atoms with Crippen molar-refractivity contribution in [2.45, 2.75) is 71.7 Å². The maximum Gasteiger partial charge on any atom is 0.246 e. The number of nitrogens with zero attached hydrogens (tertiary/aromatic N) is 4. The molecule has 368 valence electrons. The molecule has 3 fully saturated rings. The van der Waals surface area contributed by atoms with Crippen molar-refractivity contribution >= 4 is 50.5 Å². The number of nitrogens with one attached hydrogen (secondary N) is 2. The lowest BCUT2D eigenvalue weighted by molar-refractivity contribution is -0.144. The van der Waals surface area contributed by atoms with Gasteiger partial charge in [0, 0.05) is 68.7 Å². The number of carbonyl (C=O) groups is 3. The largest absolute Gasteiger partial charge is 0.508 e. The number of hydrogen-bond acceptors (Lipinski definition) is 12. The number of ether oxygens (including phenoxy) is 2. The number of likely N-dealkylation sites (tertiary alicyclic amines) is 3. The summed E-state index contributed by atoms with van der Waals surface area (Å²) in [4.78, 5) is 53.7. The molecule has 2 unspecified atom stereocenters. The lowest BCUT2D eigenvalue weighted by Gasteiger charge is -2.35. The Hall–Kier alpha value is -5.91. The number of thiazole rings is 1. The maximum absolute atomic E-state index is 14.1. The van der Waals surface area contributed by atoms with Crippen LogP contribution in [0.4, 0.5) is 4.39 Å². The van der Waals surface area contributed by atoms with E-state index in [0.717, 1.165) is 87.2 Å². The summed E-state index contributed by atoms with van der Waals surface area (Å²) in [6.45, 7) is 14.1. The standard InChI is InChI=1S/C54H61FN6O7S2/c1-33-49(69-32-57-33)35-9-7-34(8-10-35)26-56-52(65)45-24-41(63)31-61(45)53(66)51(54(2,3)4)58-47(64)6-5-21-59-27-37-29-60(30-38(37)28-59)22-23-67-42-16-18-43(19-17-42)68-48-44-20-15-40(62)25-46(44)70-50(48)36-11-13-39(55)14-12-36/h7-20,25,32,37-38,41,45,51,62-63H,5-6,21-24,26-31H2,1-4H3,(H,56,65)(H,58,64)/t37?,38?,41-,45+,51-/m1/s1. The maximum atomic E-state index is 14.1. The van der Waals surface area contributed by atoms with E-state index in [0.29, 0.717) is 36.4 Å². The fraction of sp³-hybridized carbons (Fsp3) is 0.407. The quantitative estimate of drug-likeness (QED) is 0.0700. The fourth-order valence-corrected chi connectivity index (χ4v) is 12.0. The molecule has 6 aromatic rings. The summed E-state index contributed by atoms with van der Waals surface area (Å²) in [6, 6.07) is 25.3. The molecule has 3 aliphatic heterocycles. The van der Waals surface area contributed by atoms with Gasteiger partial charge in [-0.1, -0.05) is 57.2 Å². The number of rotatable bonds is 17. The highest BCUT2D eigenvalue weighted by Crippen LogP contribution is 2.47. The van der Waals surface area contributed by atoms with Gasteiger partial charge in [-0.2, -0.15) is 0 Å². The average molecular weight is 989 g/mol. The van der Waals surface area contributed by atoms with Gasteiger partial charge in [-0.3, -0.25) is 19.3 Å². The van der Waals surface area contributed by atoms with Crippen LogP contribution in [0.2, 0.25) is 0 Å². The van der Waals surface area contributed by atoms with Crippen molar-refractivity contribution in [1.82, 2.24) is 30.3 Å². The van der Waals surface area contributed by atoms with Crippen LogP contribution in [0.5, 0.6) is 23.0 Å². The van der Waals surface area contributed by atoms with Gasteiger partial charge in [0.25, 0.3) is 0 Å². The Morgan fingerprint density at radius 2 is 1.51 bits per heavy atom. The van der Waals surface area contributed by atoms with Gasteiger partial charge in [-0.15, -0.1) is 22.7 Å². The van der Waals surface area contributed by atoms with Gasteiger partial charge in [0.1, 0.15) is 41.8 Å². The first-order valence-corrected chi connectivity index (χ1v) is 25.8. The summed E-state index contributed by atoms with van der Waals surface area (Å²) < 4.78 is 27.2. The third-order valence-corrected chi connectivity index (χ3v) is 15.8. The first-order chi connectivity index (χ1) is 33.6. The molecule has 0 aliphatic carbocycles. The van der Waals surface area contributed by atoms with E-state index in [1.54, 1.807) is 35.6 Å². The van der Waals surface area contributed by atoms with Crippen molar-refractivity contribution < 1.29 is 38.5 Å². The van der Waals surface area contributed by atoms with E-state index in [9.17, 15) is 29.0 Å². The third-order valence-electron chi connectivity index (χ3n) is 13.7.